The molecule has 1 aliphatic carbocycles. The van der Waals surface area contributed by atoms with Gasteiger partial charge in [-0.25, -0.2) is 0 Å². The highest BCUT2D eigenvalue weighted by molar-refractivity contribution is 6.18. The molecule has 6 heterocycles. The fourth-order valence-electron chi connectivity index (χ4n) is 11.5. The van der Waals surface area contributed by atoms with Gasteiger partial charge in [0.25, 0.3) is 0 Å². The van der Waals surface area contributed by atoms with E-state index in [4.69, 9.17) is 9.47 Å². The summed E-state index contributed by atoms with van der Waals surface area (Å²) in [6.45, 7) is 26.5. The highest BCUT2D eigenvalue weighted by atomic mass is 16.5. The molecule has 7 atom stereocenters. The monoisotopic (exact) mass is 888 g/mol. The van der Waals surface area contributed by atoms with Crippen LogP contribution in [0.4, 0.5) is 0 Å². The maximum Gasteiger partial charge on any atom is 0.320 e. The predicted octanol–water partition coefficient (Wildman–Crippen LogP) is 9.23. The second-order valence-electron chi connectivity index (χ2n) is 20.6. The third-order valence-corrected chi connectivity index (χ3v) is 15.7. The van der Waals surface area contributed by atoms with Crippen molar-refractivity contribution >= 4 is 42.0 Å². The first-order valence-corrected chi connectivity index (χ1v) is 24.7. The van der Waals surface area contributed by atoms with Gasteiger partial charge in [0.2, 0.25) is 0 Å². The average Bonchev–Trinajstić information content (AvgIpc) is 3.42. The van der Waals surface area contributed by atoms with Gasteiger partial charge in [-0.2, -0.15) is 0 Å². The van der Waals surface area contributed by atoms with Crippen LogP contribution in [0, 0.1) is 49.4 Å². The Balaban J connectivity index is 1.10. The van der Waals surface area contributed by atoms with Gasteiger partial charge in [0, 0.05) is 68.6 Å². The average molecular weight is 888 g/mol. The summed E-state index contributed by atoms with van der Waals surface area (Å²) in [5, 5.41) is 13.0. The lowest BCUT2D eigenvalue weighted by Gasteiger charge is -2.26. The SMILES string of the molecule is C=Cc1c2[nH]c(c1C)/C=C1\N/C(=C3/[C@@H](C(=O)OC)C(=O)[C@@]45N[C@@]34NC(=C5C)/C=c3\[nH]/c(c(C)c3CC)=C\2)[C@@H](CCC(=O)OC/C=C(\C)CCC[C@H](C)CCC[C@H](C)CCCC(C)C)[C@@H]1C. The number of fused-ring (bicyclic) bond motifs is 7. The topological polar surface area (TPSA) is 147 Å². The van der Waals surface area contributed by atoms with Crippen molar-refractivity contribution < 1.29 is 23.9 Å². The lowest BCUT2D eigenvalue weighted by atomic mass is 9.84. The number of ketones is 1. The number of piperidine rings is 1. The molecule has 4 aliphatic heterocycles. The largest absolute Gasteiger partial charge is 0.468 e. The summed E-state index contributed by atoms with van der Waals surface area (Å²) in [5.41, 5.74) is 9.44. The summed E-state index contributed by atoms with van der Waals surface area (Å²) in [7, 11) is 1.34. The van der Waals surface area contributed by atoms with Crippen molar-refractivity contribution in [3.8, 4) is 0 Å². The zero-order valence-electron chi connectivity index (χ0n) is 41.3. The molecule has 7 rings (SSSR count). The summed E-state index contributed by atoms with van der Waals surface area (Å²) in [4.78, 5) is 49.4. The zero-order valence-corrected chi connectivity index (χ0v) is 41.3. The third kappa shape index (κ3) is 9.05. The number of carbonyl (C=O) groups is 3. The fraction of sp³-hybridized carbons (Fsp3) is 0.582. The molecule has 5 aliphatic rings. The van der Waals surface area contributed by atoms with Gasteiger partial charge in [-0.1, -0.05) is 105 Å². The molecule has 3 fully saturated rings. The van der Waals surface area contributed by atoms with Crippen LogP contribution in [-0.4, -0.2) is 52.6 Å². The van der Waals surface area contributed by atoms with Crippen molar-refractivity contribution in [1.29, 1.82) is 0 Å². The molecule has 8 bridgehead atoms. The number of hydrogen-bond acceptors (Lipinski definition) is 8. The Kier molecular flexibility index (Phi) is 14.5. The fourth-order valence-corrected chi connectivity index (χ4v) is 11.5. The van der Waals surface area contributed by atoms with Crippen LogP contribution in [0.3, 0.4) is 0 Å². The second-order valence-corrected chi connectivity index (χ2v) is 20.6. The molecule has 2 saturated heterocycles. The molecule has 5 N–H and O–H groups in total. The van der Waals surface area contributed by atoms with E-state index in [0.717, 1.165) is 98.5 Å². The Hall–Kier alpha value is -4.83. The third-order valence-electron chi connectivity index (χ3n) is 15.7. The minimum atomic E-state index is -1.12. The summed E-state index contributed by atoms with van der Waals surface area (Å²) in [5.74, 6) is -0.187. The Morgan fingerprint density at radius 3 is 2.25 bits per heavy atom. The molecule has 1 saturated carbocycles. The molecule has 1 spiro atoms. The standard InChI is InChI=1S/C55H77N5O5/c1-13-39-35(8)42-28-44-37(10)41(24-25-48(61)65-27-26-34(7)23-17-22-33(6)21-16-20-32(5)19-15-18-31(3)4)51(58-44)50-49(53(63)64-12)52(62)54-38(11)45(59-55(50,54)60-54)30-47-40(14-2)36(9)43(57-47)29-46(39)56-42/h13,26,28-33,37,41,49,56-60H,1,14-25,27H2,2-12H3/b34-26+,43-29-,44-28-,47-30-,51-50-/t32-,33-,37+,41+,49-,54-,55+/m1/s1. The molecule has 2 aromatic heterocycles. The van der Waals surface area contributed by atoms with Crippen molar-refractivity contribution in [3.63, 3.8) is 0 Å². The Labute approximate surface area is 388 Å². The van der Waals surface area contributed by atoms with E-state index in [1.54, 1.807) is 0 Å². The summed E-state index contributed by atoms with van der Waals surface area (Å²) in [6, 6.07) is 0. The van der Waals surface area contributed by atoms with E-state index < -0.39 is 23.1 Å². The first-order chi connectivity index (χ1) is 31.0. The van der Waals surface area contributed by atoms with Crippen LogP contribution in [-0.2, 0) is 30.3 Å². The molecule has 2 aromatic rings. The Bertz CT molecular complexity index is 2460. The van der Waals surface area contributed by atoms with Crippen molar-refractivity contribution in [2.45, 2.75) is 157 Å². The molecule has 10 nitrogen and oxygen atoms in total. The number of aromatic amines is 2. The number of esters is 2. The molecule has 0 aromatic carbocycles. The van der Waals surface area contributed by atoms with Crippen LogP contribution < -0.4 is 26.6 Å². The summed E-state index contributed by atoms with van der Waals surface area (Å²) >= 11 is 0. The quantitative estimate of drug-likeness (QED) is 0.0383. The van der Waals surface area contributed by atoms with Gasteiger partial charge in [0.1, 0.15) is 23.7 Å². The molecular weight excluding hydrogens is 811 g/mol. The van der Waals surface area contributed by atoms with Crippen molar-refractivity contribution in [3.05, 3.63) is 90.8 Å². The van der Waals surface area contributed by atoms with E-state index in [9.17, 15) is 14.4 Å². The number of hydrogen-bond donors (Lipinski definition) is 5. The summed E-state index contributed by atoms with van der Waals surface area (Å²) < 4.78 is 11.2. The molecule has 0 unspecified atom stereocenters. The highest BCUT2D eigenvalue weighted by Crippen LogP contribution is 2.64. The molecule has 0 amide bonds. The predicted molar refractivity (Wildman–Crippen MR) is 262 cm³/mol. The molecule has 10 heteroatoms. The number of rotatable bonds is 20. The zero-order chi connectivity index (χ0) is 47.0. The van der Waals surface area contributed by atoms with Crippen molar-refractivity contribution in [2.75, 3.05) is 13.7 Å². The first-order valence-electron chi connectivity index (χ1n) is 24.7. The van der Waals surface area contributed by atoms with Gasteiger partial charge in [-0.3, -0.25) is 19.7 Å². The first kappa shape index (κ1) is 48.1. The Morgan fingerprint density at radius 2 is 1.58 bits per heavy atom. The summed E-state index contributed by atoms with van der Waals surface area (Å²) in [6.07, 6.45) is 23.1. The molecule has 352 valence electrons. The minimum absolute atomic E-state index is 0.0918. The minimum Gasteiger partial charge on any atom is -0.468 e. The molecular formula is C55H77N5O5. The second kappa shape index (κ2) is 19.6. The molecule has 65 heavy (non-hydrogen) atoms. The van der Waals surface area contributed by atoms with E-state index in [1.807, 2.05) is 19.1 Å². The lowest BCUT2D eigenvalue weighted by Crippen LogP contribution is -2.42. The number of aromatic nitrogens is 2. The molecule has 0 radical (unpaired) electrons. The smallest absolute Gasteiger partial charge is 0.320 e. The van der Waals surface area contributed by atoms with Gasteiger partial charge in [0.05, 0.1) is 7.11 Å². The van der Waals surface area contributed by atoms with Crippen molar-refractivity contribution in [2.24, 2.45) is 35.5 Å². The van der Waals surface area contributed by atoms with E-state index in [1.165, 1.54) is 63.2 Å². The number of allylic oxidation sites excluding steroid dienone is 4. The van der Waals surface area contributed by atoms with Crippen LogP contribution in [0.2, 0.25) is 0 Å². The van der Waals surface area contributed by atoms with E-state index in [2.05, 4.69) is 113 Å². The van der Waals surface area contributed by atoms with E-state index in [-0.39, 0.29) is 36.6 Å². The number of nitrogens with one attached hydrogen (secondary N) is 5. The van der Waals surface area contributed by atoms with Crippen LogP contribution in [0.1, 0.15) is 160 Å². The van der Waals surface area contributed by atoms with Crippen LogP contribution >= 0.6 is 0 Å². The van der Waals surface area contributed by atoms with Gasteiger partial charge < -0.3 is 30.1 Å². The normalized spacial score (nSPS) is 28.1. The van der Waals surface area contributed by atoms with Gasteiger partial charge in [-0.15, -0.1) is 0 Å². The van der Waals surface area contributed by atoms with Gasteiger partial charge in [-0.05, 0) is 118 Å². The maximum absolute atomic E-state index is 14.8. The van der Waals surface area contributed by atoms with Crippen LogP contribution in [0.25, 0.3) is 24.3 Å². The van der Waals surface area contributed by atoms with Crippen molar-refractivity contribution in [1.82, 2.24) is 25.9 Å². The number of Topliss-reactive ketones (excluding diaryl/α,β-unsaturated/α-hetero) is 1. The number of carbonyl (C=O) groups excluding carboxylic acids is 3. The van der Waals surface area contributed by atoms with Gasteiger partial charge >= 0.3 is 11.9 Å². The van der Waals surface area contributed by atoms with E-state index in [0.29, 0.717) is 12.0 Å². The van der Waals surface area contributed by atoms with Crippen LogP contribution in [0.5, 0.6) is 0 Å². The lowest BCUT2D eigenvalue weighted by molar-refractivity contribution is -0.147. The number of H-pyrrole nitrogens is 2. The Morgan fingerprint density at radius 1 is 0.892 bits per heavy atom. The highest BCUT2D eigenvalue weighted by Gasteiger charge is 2.86. The maximum atomic E-state index is 14.8. The van der Waals surface area contributed by atoms with Crippen LogP contribution in [0.15, 0.2) is 46.5 Å². The number of ether oxygens (including phenoxy) is 2. The number of methoxy groups -OCH3 is 1. The van der Waals surface area contributed by atoms with E-state index >= 15 is 0 Å². The van der Waals surface area contributed by atoms with Gasteiger partial charge in [0.15, 0.2) is 5.78 Å².